The summed E-state index contributed by atoms with van der Waals surface area (Å²) in [5.41, 5.74) is -0.903. The zero-order valence-corrected chi connectivity index (χ0v) is 14.6. The summed E-state index contributed by atoms with van der Waals surface area (Å²) in [7, 11) is 0. The van der Waals surface area contributed by atoms with Gasteiger partial charge in [0.2, 0.25) is 0 Å². The second-order valence-electron chi connectivity index (χ2n) is 5.93. The third-order valence-corrected chi connectivity index (χ3v) is 4.02. The maximum absolute atomic E-state index is 12.1. The Morgan fingerprint density at radius 3 is 2.69 bits per heavy atom. The number of carbonyl (C=O) groups excluding carboxylic acids is 1. The van der Waals surface area contributed by atoms with E-state index < -0.39 is 53.7 Å². The minimum absolute atomic E-state index is 0.0413. The Morgan fingerprint density at radius 1 is 1.34 bits per heavy atom. The largest absolute Gasteiger partial charge is 0.441 e. The summed E-state index contributed by atoms with van der Waals surface area (Å²) in [5.74, 6) is -0.632. The molecule has 0 bridgehead atoms. The first-order chi connectivity index (χ1) is 13.8. The van der Waals surface area contributed by atoms with Crippen LogP contribution in [0.3, 0.4) is 0 Å². The maximum atomic E-state index is 12.1. The van der Waals surface area contributed by atoms with Gasteiger partial charge in [0.15, 0.2) is 12.8 Å². The molecule has 2 aromatic heterocycles. The Morgan fingerprint density at radius 2 is 2.10 bits per heavy atom. The van der Waals surface area contributed by atoms with Crippen LogP contribution in [-0.4, -0.2) is 60.8 Å². The van der Waals surface area contributed by atoms with Crippen molar-refractivity contribution in [1.29, 1.82) is 0 Å². The highest BCUT2D eigenvalue weighted by molar-refractivity contribution is 5.83. The summed E-state index contributed by atoms with van der Waals surface area (Å²) in [5, 5.41) is 41.5. The van der Waals surface area contributed by atoms with Crippen LogP contribution < -0.4 is 11.0 Å². The summed E-state index contributed by atoms with van der Waals surface area (Å²) in [6.07, 6.45) is -5.01. The number of nitro groups is 1. The molecule has 4 N–H and O–H groups in total. The van der Waals surface area contributed by atoms with E-state index in [2.05, 4.69) is 10.3 Å². The third-order valence-electron chi connectivity index (χ3n) is 4.02. The summed E-state index contributed by atoms with van der Waals surface area (Å²) < 4.78 is 15.8. The van der Waals surface area contributed by atoms with E-state index in [1.165, 1.54) is 18.3 Å². The molecule has 2 aromatic rings. The van der Waals surface area contributed by atoms with Gasteiger partial charge in [-0.1, -0.05) is 0 Å². The number of aromatic nitrogens is 2. The van der Waals surface area contributed by atoms with Crippen LogP contribution in [-0.2, 0) is 16.1 Å². The van der Waals surface area contributed by atoms with Crippen molar-refractivity contribution >= 4 is 17.8 Å². The molecule has 156 valence electrons. The minimum atomic E-state index is -1.47. The van der Waals surface area contributed by atoms with Gasteiger partial charge in [-0.2, -0.15) is 4.98 Å². The lowest BCUT2D eigenvalue weighted by molar-refractivity contribution is -0.402. The molecule has 3 heterocycles. The Balaban J connectivity index is 1.60. The van der Waals surface area contributed by atoms with E-state index >= 15 is 0 Å². The lowest BCUT2D eigenvalue weighted by atomic mass is 10.1. The highest BCUT2D eigenvalue weighted by Gasteiger charge is 2.43. The highest BCUT2D eigenvalue weighted by atomic mass is 16.7. The van der Waals surface area contributed by atoms with Gasteiger partial charge in [0.1, 0.15) is 34.8 Å². The first-order valence-corrected chi connectivity index (χ1v) is 8.18. The van der Waals surface area contributed by atoms with Gasteiger partial charge in [-0.25, -0.2) is 9.59 Å². The topological polar surface area (TPSA) is 199 Å². The van der Waals surface area contributed by atoms with Gasteiger partial charge in [0.05, 0.1) is 12.7 Å². The number of aliphatic hydroxyl groups excluding tert-OH is 3. The molecular formula is C15H16N4O10. The smallest absolute Gasteiger partial charge is 0.433 e. The molecule has 0 unspecified atom stereocenters. The fraction of sp³-hybridized carbons (Fsp3) is 0.400. The van der Waals surface area contributed by atoms with E-state index in [4.69, 9.17) is 19.0 Å². The van der Waals surface area contributed by atoms with Gasteiger partial charge < -0.3 is 29.2 Å². The molecule has 4 atom stereocenters. The van der Waals surface area contributed by atoms with Crippen molar-refractivity contribution in [2.45, 2.75) is 31.1 Å². The highest BCUT2D eigenvalue weighted by Crippen LogP contribution is 2.28. The molecule has 0 radical (unpaired) electrons. The zero-order valence-electron chi connectivity index (χ0n) is 14.6. The zero-order chi connectivity index (χ0) is 21.1. The summed E-state index contributed by atoms with van der Waals surface area (Å²) in [6, 6.07) is 3.59. The molecule has 1 saturated heterocycles. The molecule has 1 aliphatic rings. The van der Waals surface area contributed by atoms with E-state index in [0.717, 1.165) is 10.6 Å². The van der Waals surface area contributed by atoms with Crippen LogP contribution in [0.4, 0.5) is 16.5 Å². The van der Waals surface area contributed by atoms with Crippen molar-refractivity contribution in [2.24, 2.45) is 0 Å². The molecule has 0 aliphatic carbocycles. The van der Waals surface area contributed by atoms with Crippen LogP contribution in [0.25, 0.3) is 0 Å². The molecule has 0 spiro atoms. The number of hydrogen-bond acceptors (Lipinski definition) is 11. The Labute approximate surface area is 161 Å². The van der Waals surface area contributed by atoms with E-state index in [9.17, 15) is 29.9 Å². The number of nitrogens with zero attached hydrogens (tertiary/aromatic N) is 3. The minimum Gasteiger partial charge on any atom is -0.441 e. The third kappa shape index (κ3) is 4.40. The Bertz CT molecular complexity index is 957. The molecule has 14 heteroatoms. The van der Waals surface area contributed by atoms with Gasteiger partial charge in [-0.15, -0.1) is 0 Å². The number of nitrogens with one attached hydrogen (secondary N) is 1. The van der Waals surface area contributed by atoms with Gasteiger partial charge in [-0.05, 0) is 12.1 Å². The van der Waals surface area contributed by atoms with Gasteiger partial charge in [0.25, 0.3) is 0 Å². The number of anilines is 1. The molecule has 29 heavy (non-hydrogen) atoms. The second kappa shape index (κ2) is 8.36. The van der Waals surface area contributed by atoms with Crippen molar-refractivity contribution in [2.75, 3.05) is 11.9 Å². The van der Waals surface area contributed by atoms with Gasteiger partial charge in [0, 0.05) is 6.20 Å². The monoisotopic (exact) mass is 412 g/mol. The number of hydrogen-bond donors (Lipinski definition) is 4. The predicted octanol–water partition coefficient (Wildman–Crippen LogP) is -0.895. The summed E-state index contributed by atoms with van der Waals surface area (Å²) in [6.45, 7) is -0.944. The lowest BCUT2D eigenvalue weighted by Gasteiger charge is -2.17. The van der Waals surface area contributed by atoms with Crippen molar-refractivity contribution in [3.63, 3.8) is 0 Å². The molecule has 0 aromatic carbocycles. The Hall–Kier alpha value is -3.33. The SMILES string of the molecule is O=C(Nc1ccn([C@@H]2O[C@H](CO)[C@@H](O)[C@@H]2O)c(=O)n1)OCc1ccc([N+](=O)[O-])o1. The van der Waals surface area contributed by atoms with E-state index in [0.29, 0.717) is 0 Å². The molecule has 0 saturated carbocycles. The van der Waals surface area contributed by atoms with Crippen molar-refractivity contribution in [1.82, 2.24) is 9.55 Å². The van der Waals surface area contributed by atoms with Crippen molar-refractivity contribution in [3.05, 3.63) is 50.8 Å². The van der Waals surface area contributed by atoms with E-state index in [-0.39, 0.29) is 18.2 Å². The number of aliphatic hydroxyl groups is 3. The fourth-order valence-corrected chi connectivity index (χ4v) is 2.61. The molecular weight excluding hydrogens is 396 g/mol. The summed E-state index contributed by atoms with van der Waals surface area (Å²) in [4.78, 5) is 37.3. The van der Waals surface area contributed by atoms with Crippen LogP contribution in [0, 0.1) is 10.1 Å². The van der Waals surface area contributed by atoms with E-state index in [1.807, 2.05) is 0 Å². The number of ether oxygens (including phenoxy) is 2. The number of amides is 1. The van der Waals surface area contributed by atoms with Crippen molar-refractivity contribution in [3.8, 4) is 0 Å². The number of carbonyl (C=O) groups is 1. The quantitative estimate of drug-likeness (QED) is 0.339. The summed E-state index contributed by atoms with van der Waals surface area (Å²) >= 11 is 0. The average molecular weight is 412 g/mol. The first-order valence-electron chi connectivity index (χ1n) is 8.18. The fourth-order valence-electron chi connectivity index (χ4n) is 2.61. The standard InChI is InChI=1S/C15H16N4O10/c20-5-8-11(21)12(22)13(29-8)18-4-3-9(16-14(18)23)17-15(24)27-6-7-1-2-10(28-7)19(25)26/h1-4,8,11-13,20-22H,5-6H2,(H,16,17,23,24)/t8-,11-,12+,13-/m1/s1. The van der Waals surface area contributed by atoms with Gasteiger partial charge >= 0.3 is 17.7 Å². The van der Waals surface area contributed by atoms with Gasteiger partial charge in [-0.3, -0.25) is 20.0 Å². The van der Waals surface area contributed by atoms with E-state index in [1.54, 1.807) is 0 Å². The Kier molecular flexibility index (Phi) is 5.88. The van der Waals surface area contributed by atoms with Crippen LogP contribution in [0.15, 0.2) is 33.6 Å². The number of furan rings is 1. The van der Waals surface area contributed by atoms with Crippen LogP contribution in [0.5, 0.6) is 0 Å². The van der Waals surface area contributed by atoms with Crippen LogP contribution in [0.1, 0.15) is 12.0 Å². The average Bonchev–Trinajstić information content (AvgIpc) is 3.26. The maximum Gasteiger partial charge on any atom is 0.433 e. The first kappa shape index (κ1) is 20.4. The molecule has 1 amide bonds. The van der Waals surface area contributed by atoms with Crippen LogP contribution in [0.2, 0.25) is 0 Å². The number of rotatable bonds is 6. The van der Waals surface area contributed by atoms with Crippen LogP contribution >= 0.6 is 0 Å². The predicted molar refractivity (Wildman–Crippen MR) is 90.7 cm³/mol. The molecule has 1 fully saturated rings. The normalized spacial score (nSPS) is 23.7. The van der Waals surface area contributed by atoms with Crippen molar-refractivity contribution < 1.29 is 38.9 Å². The molecule has 3 rings (SSSR count). The lowest BCUT2D eigenvalue weighted by Crippen LogP contribution is -2.36. The molecule has 14 nitrogen and oxygen atoms in total. The molecule has 1 aliphatic heterocycles. The second-order valence-corrected chi connectivity index (χ2v) is 5.93.